The van der Waals surface area contributed by atoms with E-state index in [0.29, 0.717) is 136 Å². The summed E-state index contributed by atoms with van der Waals surface area (Å²) in [4.78, 5) is 56.3. The monoisotopic (exact) mass is 2160 g/mol. The predicted molar refractivity (Wildman–Crippen MR) is 486 cm³/mol. The van der Waals surface area contributed by atoms with Crippen LogP contribution in [0.25, 0.3) is 0 Å². The number of benzene rings is 6. The Hall–Kier alpha value is -6.00. The maximum Gasteiger partial charge on any atom is 3.00 e. The molecule has 0 aliphatic carbocycles. The minimum Gasteiger partial charge on any atom is -0.873 e. The number of para-hydroxylation sites is 3. The molecule has 44 heteroatoms. The molecular weight excluding hydrogens is 2020 g/mol. The van der Waals surface area contributed by atoms with E-state index in [1.165, 1.54) is 36.4 Å². The first-order chi connectivity index (χ1) is 67.0. The van der Waals surface area contributed by atoms with Crippen LogP contribution in [0.15, 0.2) is 97.1 Å². The zero-order valence-corrected chi connectivity index (χ0v) is 91.4. The summed E-state index contributed by atoms with van der Waals surface area (Å²) < 4.78 is 152. The van der Waals surface area contributed by atoms with Gasteiger partial charge in [0.05, 0.1) is 198 Å². The van der Waals surface area contributed by atoms with E-state index in [-0.39, 0.29) is 401 Å². The van der Waals surface area contributed by atoms with E-state index in [1.54, 1.807) is 85.1 Å². The summed E-state index contributed by atoms with van der Waals surface area (Å²) in [5.74, 6) is -6.31. The number of methoxy groups -OCH3 is 6. The van der Waals surface area contributed by atoms with Crippen molar-refractivity contribution in [3.63, 3.8) is 0 Å². The molecule has 4 amide bonds. The molecule has 40 nitrogen and oxygen atoms in total. The molecule has 0 aromatic heterocycles. The number of hydrogen-bond acceptors (Lipinski definition) is 36. The van der Waals surface area contributed by atoms with E-state index in [1.807, 2.05) is 0 Å². The maximum absolute atomic E-state index is 15.9. The molecule has 0 atom stereocenters. The Morgan fingerprint density at radius 1 is 0.270 bits per heavy atom. The van der Waals surface area contributed by atoms with Gasteiger partial charge in [0.25, 0.3) is 17.7 Å². The van der Waals surface area contributed by atoms with Crippen LogP contribution >= 0.6 is 0 Å². The number of ether oxygens (including phenoxy) is 26. The zero-order chi connectivity index (χ0) is 98.2. The molecule has 1 radical (unpaired) electrons. The van der Waals surface area contributed by atoms with Crippen molar-refractivity contribution in [2.24, 2.45) is 5.41 Å². The number of rotatable bonds is 86. The molecule has 0 aliphatic rings. The van der Waals surface area contributed by atoms with Crippen molar-refractivity contribution in [2.75, 3.05) is 300 Å². The van der Waals surface area contributed by atoms with Gasteiger partial charge in [0.15, 0.2) is 23.0 Å². The Kier molecular flexibility index (Phi) is 78.1. The zero-order valence-electron chi connectivity index (χ0n) is 83.1. The standard InChI is InChI=1S/C97H144N4O36.Gd.3Na/c1-112-27-33-118-39-45-124-51-57-130-84-65-74(66-85(131-58-52-125-46-40-119-34-28-113-2)91(84)134-61-55-128-49-43-122-37-31-116-5)71-136-76-63-73(64-77(69-76)137-72-75-67-86(132-59-53-126-47-41-120-35-29-114-3)92(135-62-56-129-50-44-123-38-32-117-6)87(68-75)133-60-54-127-48-42-121-36-30-115-4)70-101-96(111)97(23-14-26-100-95(110)80-17-13-20-83(104)90(80)107,21-7-9-24-98-93(108)78-15-11-18-81(102)88(78)105)22-8-10-25-99-94(109)79-16-12-19-82(103)89(79)106;;;;/h11-13,15-20,63-69,102-107H,7-10,14,21-62,70-72H2,1-6H3,(H,98,108)(H,99,109)(H,100,110)(H,101,111);;;;/q;+3;3*+1/p-6. The Morgan fingerprint density at radius 3 is 0.780 bits per heavy atom. The van der Waals surface area contributed by atoms with Gasteiger partial charge in [-0.25, -0.2) is 0 Å². The van der Waals surface area contributed by atoms with Crippen LogP contribution in [0.1, 0.15) is 99.1 Å². The average molecular weight is 2160 g/mol. The van der Waals surface area contributed by atoms with Crippen molar-refractivity contribution in [3.8, 4) is 80.5 Å². The maximum atomic E-state index is 15.9. The van der Waals surface area contributed by atoms with Crippen molar-refractivity contribution in [2.45, 2.75) is 71.1 Å². The summed E-state index contributed by atoms with van der Waals surface area (Å²) in [6.07, 6.45) is 1.53. The summed E-state index contributed by atoms with van der Waals surface area (Å²) in [7, 11) is 9.52. The van der Waals surface area contributed by atoms with Gasteiger partial charge in [0, 0.05) is 97.0 Å². The third kappa shape index (κ3) is 55.6. The second-order valence-electron chi connectivity index (χ2n) is 30.3. The minimum absolute atomic E-state index is 0. The summed E-state index contributed by atoms with van der Waals surface area (Å²) in [6, 6.07) is 22.9. The first-order valence-corrected chi connectivity index (χ1v) is 45.9. The van der Waals surface area contributed by atoms with E-state index < -0.39 is 63.5 Å². The fraction of sp³-hybridized carbons (Fsp3) is 0.588. The number of carbonyl (C=O) groups is 4. The van der Waals surface area contributed by atoms with Gasteiger partial charge in [0.1, 0.15) is 64.4 Å². The normalized spacial score (nSPS) is 11.0. The second-order valence-corrected chi connectivity index (χ2v) is 30.3. The van der Waals surface area contributed by atoms with Gasteiger partial charge in [0.2, 0.25) is 17.4 Å². The first-order valence-electron chi connectivity index (χ1n) is 45.9. The molecule has 0 bridgehead atoms. The molecule has 773 valence electrons. The van der Waals surface area contributed by atoms with E-state index in [4.69, 9.17) is 123 Å². The van der Waals surface area contributed by atoms with Crippen LogP contribution in [0.4, 0.5) is 0 Å². The molecule has 6 rings (SSSR count). The molecule has 0 spiro atoms. The van der Waals surface area contributed by atoms with E-state index in [0.717, 1.165) is 18.2 Å². The van der Waals surface area contributed by atoms with Crippen LogP contribution < -0.4 is 178 Å². The van der Waals surface area contributed by atoms with Crippen molar-refractivity contribution in [1.29, 1.82) is 0 Å². The molecule has 6 aromatic rings. The van der Waals surface area contributed by atoms with Gasteiger partial charge in [-0.15, -0.1) is 34.5 Å². The molecule has 0 saturated heterocycles. The van der Waals surface area contributed by atoms with Crippen LogP contribution in [0, 0.1) is 45.4 Å². The second kappa shape index (κ2) is 84.0. The third-order valence-electron chi connectivity index (χ3n) is 20.1. The Balaban J connectivity index is 0.0000168. The van der Waals surface area contributed by atoms with Gasteiger partial charge in [-0.1, -0.05) is 67.4 Å². The molecule has 0 heterocycles. The molecule has 4 N–H and O–H groups in total. The minimum atomic E-state index is -1.34. The van der Waals surface area contributed by atoms with Crippen molar-refractivity contribution in [1.82, 2.24) is 21.3 Å². The SMILES string of the molecule is COCCOCCOCCOc1cc(COc2cc(CNC(=O)C(CCCCNC(=O)c3cccc([O-])c3[O-])(CCCCNC(=O)c3cccc([O-])c3[O-])CCCNC(=O)c3cccc([O-])c3[O-])cc(OCc3cc(OCCOCCOCCOC)c(OCCOCCOCCOC)c(OCCOCCOCCOC)c3)c2)cc(OCCOCCOCCOC)c1OCCOCCOCCOC.[Gd+3].[Na+].[Na+].[Na+]. The Bertz CT molecular complexity index is 4000. The van der Waals surface area contributed by atoms with Gasteiger partial charge < -0.3 is 175 Å². The van der Waals surface area contributed by atoms with Crippen LogP contribution in [-0.4, -0.2) is 324 Å². The summed E-state index contributed by atoms with van der Waals surface area (Å²) >= 11 is 0. The van der Waals surface area contributed by atoms with E-state index in [2.05, 4.69) is 21.3 Å². The summed E-state index contributed by atoms with van der Waals surface area (Å²) in [5.41, 5.74) is -0.872. The van der Waals surface area contributed by atoms with Crippen molar-refractivity contribution in [3.05, 3.63) is 130 Å². The largest absolute Gasteiger partial charge is 3.00 e. The number of carbonyl (C=O) groups excluding carboxylic acids is 4. The Labute approximate surface area is 925 Å². The fourth-order valence-corrected chi connectivity index (χ4v) is 13.1. The van der Waals surface area contributed by atoms with Crippen molar-refractivity contribution >= 4 is 23.6 Å². The number of amides is 4. The molecule has 0 aliphatic heterocycles. The van der Waals surface area contributed by atoms with Crippen LogP contribution in [0.5, 0.6) is 80.5 Å². The predicted octanol–water partition coefficient (Wildman–Crippen LogP) is -4.34. The topological polar surface area (TPSA) is 495 Å². The molecule has 0 saturated carbocycles. The molecule has 0 fully saturated rings. The number of unbranched alkanes of at least 4 members (excludes halogenated alkanes) is 2. The summed E-state index contributed by atoms with van der Waals surface area (Å²) in [6.45, 7) is 9.05. The average Bonchev–Trinajstić information content (AvgIpc) is 0.821. The summed E-state index contributed by atoms with van der Waals surface area (Å²) in [5, 5.41) is 86.8. The third-order valence-corrected chi connectivity index (χ3v) is 20.1. The fourth-order valence-electron chi connectivity index (χ4n) is 13.1. The number of nitrogens with one attached hydrogen (secondary N) is 4. The van der Waals surface area contributed by atoms with Crippen LogP contribution in [0.3, 0.4) is 0 Å². The van der Waals surface area contributed by atoms with Crippen LogP contribution in [0.2, 0.25) is 0 Å². The van der Waals surface area contributed by atoms with E-state index in [9.17, 15) is 45.0 Å². The van der Waals surface area contributed by atoms with Gasteiger partial charge >= 0.3 is 129 Å². The quantitative estimate of drug-likeness (QED) is 0.0207. The van der Waals surface area contributed by atoms with Gasteiger partial charge in [-0.3, -0.25) is 19.2 Å². The molecule has 141 heavy (non-hydrogen) atoms. The molecular formula is C97H138GdN4Na3O36. The molecule has 0 unspecified atom stereocenters. The van der Waals surface area contributed by atoms with Gasteiger partial charge in [-0.05, 0) is 91.6 Å². The van der Waals surface area contributed by atoms with Crippen molar-refractivity contribution < 1.29 is 302 Å². The Morgan fingerprint density at radius 2 is 0.511 bits per heavy atom. The number of hydrogen-bond donors (Lipinski definition) is 4. The first kappa shape index (κ1) is 131. The smallest absolute Gasteiger partial charge is 0.873 e. The van der Waals surface area contributed by atoms with E-state index >= 15 is 4.79 Å². The van der Waals surface area contributed by atoms with Crippen LogP contribution in [-0.2, 0) is 110 Å². The van der Waals surface area contributed by atoms with Gasteiger partial charge in [-0.2, -0.15) is 0 Å². The molecule has 6 aromatic carbocycles.